The number of halogens is 3. The van der Waals surface area contributed by atoms with Crippen LogP contribution < -0.4 is 9.62 Å². The van der Waals surface area contributed by atoms with E-state index in [1.54, 1.807) is 38.1 Å². The van der Waals surface area contributed by atoms with E-state index in [4.69, 9.17) is 34.8 Å². The van der Waals surface area contributed by atoms with E-state index < -0.39 is 28.5 Å². The van der Waals surface area contributed by atoms with E-state index >= 15 is 0 Å². The largest absolute Gasteiger partial charge is 0.355 e. The SMILES string of the molecule is CCNC(=O)[C@H](CC)N(Cc1ccccc1Cl)C(=O)CN(c1cc(Cl)cc(Cl)c1)S(C)(=O)=O. The maximum absolute atomic E-state index is 13.5. The van der Waals surface area contributed by atoms with Crippen LogP contribution in [0.4, 0.5) is 5.69 Å². The van der Waals surface area contributed by atoms with Gasteiger partial charge in [0.2, 0.25) is 21.8 Å². The molecule has 0 aliphatic carbocycles. The second-order valence-corrected chi connectivity index (χ2v) is 10.5. The molecule has 0 saturated carbocycles. The second-order valence-electron chi connectivity index (χ2n) is 7.33. The second kappa shape index (κ2) is 11.9. The monoisotopic (exact) mass is 533 g/mol. The Morgan fingerprint density at radius 1 is 1.03 bits per heavy atom. The number of sulfonamides is 1. The predicted octanol–water partition coefficient (Wildman–Crippen LogP) is 4.36. The van der Waals surface area contributed by atoms with Crippen molar-refractivity contribution in [3.63, 3.8) is 0 Å². The van der Waals surface area contributed by atoms with Crippen LogP contribution in [-0.2, 0) is 26.2 Å². The number of rotatable bonds is 10. The van der Waals surface area contributed by atoms with E-state index in [2.05, 4.69) is 5.32 Å². The Bertz CT molecular complexity index is 1090. The smallest absolute Gasteiger partial charge is 0.244 e. The highest BCUT2D eigenvalue weighted by atomic mass is 35.5. The zero-order chi connectivity index (χ0) is 24.8. The lowest BCUT2D eigenvalue weighted by atomic mass is 10.1. The van der Waals surface area contributed by atoms with Gasteiger partial charge in [0, 0.05) is 28.2 Å². The van der Waals surface area contributed by atoms with Crippen LogP contribution in [0.1, 0.15) is 25.8 Å². The summed E-state index contributed by atoms with van der Waals surface area (Å²) in [5, 5.41) is 3.61. The Balaban J connectivity index is 2.48. The average Bonchev–Trinajstić information content (AvgIpc) is 2.71. The summed E-state index contributed by atoms with van der Waals surface area (Å²) in [4.78, 5) is 27.6. The summed E-state index contributed by atoms with van der Waals surface area (Å²) in [6.07, 6.45) is 1.30. The fourth-order valence-corrected chi connectivity index (χ4v) is 4.86. The third-order valence-corrected chi connectivity index (χ3v) is 6.80. The van der Waals surface area contributed by atoms with Crippen LogP contribution in [0.5, 0.6) is 0 Å². The van der Waals surface area contributed by atoms with Gasteiger partial charge in [-0.3, -0.25) is 13.9 Å². The standard InChI is InChI=1S/C22H26Cl3N3O4S/c1-4-20(22(30)26-5-2)27(13-15-8-6-7-9-19(15)25)21(29)14-28(33(3,31)32)18-11-16(23)10-17(24)12-18/h6-12,20H,4-5,13-14H2,1-3H3,(H,26,30)/t20-/m0/s1. The Morgan fingerprint density at radius 3 is 2.15 bits per heavy atom. The van der Waals surface area contributed by atoms with Crippen LogP contribution >= 0.6 is 34.8 Å². The molecule has 11 heteroatoms. The number of carbonyl (C=O) groups is 2. The van der Waals surface area contributed by atoms with Gasteiger partial charge in [0.05, 0.1) is 11.9 Å². The number of likely N-dealkylation sites (N-methyl/N-ethyl adjacent to an activating group) is 1. The summed E-state index contributed by atoms with van der Waals surface area (Å²) in [7, 11) is -3.88. The normalized spacial score (nSPS) is 12.2. The fourth-order valence-electron chi connectivity index (χ4n) is 3.32. The molecule has 0 radical (unpaired) electrons. The molecular formula is C22H26Cl3N3O4S. The molecule has 0 aliphatic heterocycles. The average molecular weight is 535 g/mol. The predicted molar refractivity (Wildman–Crippen MR) is 133 cm³/mol. The minimum absolute atomic E-state index is 0.0298. The molecule has 2 aromatic carbocycles. The molecule has 2 rings (SSSR count). The number of anilines is 1. The lowest BCUT2D eigenvalue weighted by Crippen LogP contribution is -2.52. The van der Waals surface area contributed by atoms with Crippen LogP contribution in [0.2, 0.25) is 15.1 Å². The minimum Gasteiger partial charge on any atom is -0.355 e. The molecule has 33 heavy (non-hydrogen) atoms. The van der Waals surface area contributed by atoms with Crippen molar-refractivity contribution in [1.82, 2.24) is 10.2 Å². The summed E-state index contributed by atoms with van der Waals surface area (Å²) < 4.78 is 26.1. The highest BCUT2D eigenvalue weighted by Gasteiger charge is 2.32. The number of amides is 2. The number of carbonyl (C=O) groups excluding carboxylic acids is 2. The summed E-state index contributed by atoms with van der Waals surface area (Å²) in [6, 6.07) is 10.4. The van der Waals surface area contributed by atoms with E-state index in [1.165, 1.54) is 23.1 Å². The van der Waals surface area contributed by atoms with Crippen molar-refractivity contribution in [2.24, 2.45) is 0 Å². The molecule has 0 fully saturated rings. The van der Waals surface area contributed by atoms with E-state index in [9.17, 15) is 18.0 Å². The minimum atomic E-state index is -3.88. The van der Waals surface area contributed by atoms with Crippen LogP contribution in [0.15, 0.2) is 42.5 Å². The maximum atomic E-state index is 13.5. The molecule has 2 aromatic rings. The topological polar surface area (TPSA) is 86.8 Å². The zero-order valence-electron chi connectivity index (χ0n) is 18.5. The Hall–Kier alpha value is -2.00. The van der Waals surface area contributed by atoms with Gasteiger partial charge in [-0.1, -0.05) is 59.9 Å². The van der Waals surface area contributed by atoms with Crippen molar-refractivity contribution in [1.29, 1.82) is 0 Å². The van der Waals surface area contributed by atoms with Gasteiger partial charge in [-0.2, -0.15) is 0 Å². The molecule has 2 amide bonds. The van der Waals surface area contributed by atoms with Crippen LogP contribution in [0.25, 0.3) is 0 Å². The van der Waals surface area contributed by atoms with E-state index in [1.807, 2.05) is 0 Å². The number of hydrogen-bond acceptors (Lipinski definition) is 4. The number of nitrogens with one attached hydrogen (secondary N) is 1. The van der Waals surface area contributed by atoms with Crippen molar-refractivity contribution < 1.29 is 18.0 Å². The van der Waals surface area contributed by atoms with Crippen LogP contribution in [-0.4, -0.2) is 50.5 Å². The highest BCUT2D eigenvalue weighted by molar-refractivity contribution is 7.92. The first-order valence-corrected chi connectivity index (χ1v) is 13.2. The van der Waals surface area contributed by atoms with Gasteiger partial charge in [-0.25, -0.2) is 8.42 Å². The first kappa shape index (κ1) is 27.2. The van der Waals surface area contributed by atoms with Gasteiger partial charge in [0.15, 0.2) is 0 Å². The maximum Gasteiger partial charge on any atom is 0.244 e. The summed E-state index contributed by atoms with van der Waals surface area (Å²) in [5.74, 6) is -0.911. The van der Waals surface area contributed by atoms with E-state index in [0.29, 0.717) is 23.6 Å². The Kier molecular flexibility index (Phi) is 9.84. The van der Waals surface area contributed by atoms with E-state index in [-0.39, 0.29) is 28.2 Å². The molecule has 1 N–H and O–H groups in total. The molecule has 180 valence electrons. The third kappa shape index (κ3) is 7.50. The summed E-state index contributed by atoms with van der Waals surface area (Å²) in [6.45, 7) is 3.43. The Labute approximate surface area is 209 Å². The van der Waals surface area contributed by atoms with Crippen molar-refractivity contribution in [2.75, 3.05) is 23.7 Å². The summed E-state index contributed by atoms with van der Waals surface area (Å²) >= 11 is 18.4. The quantitative estimate of drug-likeness (QED) is 0.491. The van der Waals surface area contributed by atoms with Gasteiger partial charge < -0.3 is 10.2 Å². The van der Waals surface area contributed by atoms with Gasteiger partial charge in [0.25, 0.3) is 0 Å². The molecule has 0 saturated heterocycles. The number of benzene rings is 2. The fraction of sp³-hybridized carbons (Fsp3) is 0.364. The lowest BCUT2D eigenvalue weighted by molar-refractivity contribution is -0.140. The van der Waals surface area contributed by atoms with Crippen molar-refractivity contribution in [3.05, 3.63) is 63.1 Å². The van der Waals surface area contributed by atoms with Gasteiger partial charge in [0.1, 0.15) is 12.6 Å². The zero-order valence-corrected chi connectivity index (χ0v) is 21.6. The molecule has 1 atom stereocenters. The van der Waals surface area contributed by atoms with Crippen molar-refractivity contribution in [2.45, 2.75) is 32.9 Å². The molecule has 0 aromatic heterocycles. The molecule has 0 aliphatic rings. The molecular weight excluding hydrogens is 509 g/mol. The molecule has 0 heterocycles. The highest BCUT2D eigenvalue weighted by Crippen LogP contribution is 2.28. The first-order chi connectivity index (χ1) is 15.5. The van der Waals surface area contributed by atoms with Gasteiger partial charge in [-0.05, 0) is 43.2 Å². The van der Waals surface area contributed by atoms with Crippen LogP contribution in [0.3, 0.4) is 0 Å². The van der Waals surface area contributed by atoms with Crippen LogP contribution in [0, 0.1) is 0 Å². The molecule has 7 nitrogen and oxygen atoms in total. The lowest BCUT2D eigenvalue weighted by Gasteiger charge is -2.33. The molecule has 0 unspecified atom stereocenters. The molecule has 0 spiro atoms. The number of hydrogen-bond donors (Lipinski definition) is 1. The van der Waals surface area contributed by atoms with Crippen molar-refractivity contribution >= 4 is 62.3 Å². The first-order valence-electron chi connectivity index (χ1n) is 10.2. The van der Waals surface area contributed by atoms with Gasteiger partial charge in [-0.15, -0.1) is 0 Å². The number of nitrogens with zero attached hydrogens (tertiary/aromatic N) is 2. The Morgan fingerprint density at radius 2 is 1.64 bits per heavy atom. The molecule has 0 bridgehead atoms. The van der Waals surface area contributed by atoms with Gasteiger partial charge >= 0.3 is 0 Å². The van der Waals surface area contributed by atoms with E-state index in [0.717, 1.165) is 10.6 Å². The van der Waals surface area contributed by atoms with Crippen molar-refractivity contribution in [3.8, 4) is 0 Å². The summed E-state index contributed by atoms with van der Waals surface area (Å²) in [5.41, 5.74) is 0.777. The third-order valence-electron chi connectivity index (χ3n) is 4.85.